The molecular weight excluding hydrogens is 314 g/mol. The van der Waals surface area contributed by atoms with E-state index in [2.05, 4.69) is 21.2 Å². The molecule has 0 fully saturated rings. The molecule has 0 spiro atoms. The summed E-state index contributed by atoms with van der Waals surface area (Å²) in [7, 11) is 1.51. The van der Waals surface area contributed by atoms with Crippen LogP contribution in [0, 0.1) is 0 Å². The second-order valence-corrected chi connectivity index (χ2v) is 4.63. The van der Waals surface area contributed by atoms with E-state index < -0.39 is 5.97 Å². The predicted octanol–water partition coefficient (Wildman–Crippen LogP) is 2.14. The Balaban J connectivity index is 2.60. The van der Waals surface area contributed by atoms with E-state index in [1.807, 2.05) is 6.92 Å². The van der Waals surface area contributed by atoms with Crippen LogP contribution in [0.5, 0.6) is 5.75 Å². The number of carbonyl (C=O) groups excluding carboxylic acids is 2. The largest absolute Gasteiger partial charge is 0.497 e. The zero-order chi connectivity index (χ0) is 14.3. The van der Waals surface area contributed by atoms with Gasteiger partial charge in [0.05, 0.1) is 12.7 Å². The van der Waals surface area contributed by atoms with E-state index >= 15 is 0 Å². The van der Waals surface area contributed by atoms with Gasteiger partial charge in [-0.15, -0.1) is 0 Å². The summed E-state index contributed by atoms with van der Waals surface area (Å²) >= 11 is 3.25. The Morgan fingerprint density at radius 2 is 2.11 bits per heavy atom. The van der Waals surface area contributed by atoms with Crippen molar-refractivity contribution in [3.63, 3.8) is 0 Å². The lowest BCUT2D eigenvalue weighted by molar-refractivity contribution is -0.124. The van der Waals surface area contributed by atoms with Gasteiger partial charge >= 0.3 is 5.97 Å². The van der Waals surface area contributed by atoms with E-state index in [1.165, 1.54) is 7.11 Å². The van der Waals surface area contributed by atoms with Gasteiger partial charge in [0.2, 0.25) is 0 Å². The van der Waals surface area contributed by atoms with Crippen LogP contribution in [0.3, 0.4) is 0 Å². The van der Waals surface area contributed by atoms with Crippen molar-refractivity contribution < 1.29 is 19.1 Å². The molecule has 0 aliphatic rings. The molecule has 0 aromatic heterocycles. The second kappa shape index (κ2) is 7.78. The van der Waals surface area contributed by atoms with Gasteiger partial charge in [0.25, 0.3) is 5.91 Å². The number of hydrogen-bond donors (Lipinski definition) is 1. The Morgan fingerprint density at radius 1 is 1.37 bits per heavy atom. The highest BCUT2D eigenvalue weighted by molar-refractivity contribution is 9.10. The predicted molar refractivity (Wildman–Crippen MR) is 74.3 cm³/mol. The van der Waals surface area contributed by atoms with Crippen LogP contribution in [0.1, 0.15) is 23.7 Å². The molecule has 0 bridgehead atoms. The molecule has 104 valence electrons. The van der Waals surface area contributed by atoms with Crippen molar-refractivity contribution in [1.29, 1.82) is 0 Å². The van der Waals surface area contributed by atoms with Crippen LogP contribution in [0.2, 0.25) is 0 Å². The lowest BCUT2D eigenvalue weighted by Crippen LogP contribution is -2.29. The van der Waals surface area contributed by atoms with E-state index in [0.29, 0.717) is 22.3 Å². The smallest absolute Gasteiger partial charge is 0.339 e. The quantitative estimate of drug-likeness (QED) is 0.812. The Hall–Kier alpha value is -1.56. The number of carbonyl (C=O) groups is 2. The Kier molecular flexibility index (Phi) is 6.35. The first-order valence-corrected chi connectivity index (χ1v) is 6.65. The fourth-order valence-corrected chi connectivity index (χ4v) is 1.72. The number of ether oxygens (including phenoxy) is 2. The van der Waals surface area contributed by atoms with Crippen LogP contribution in [0.15, 0.2) is 22.7 Å². The standard InChI is InChI=1S/C13H16BrNO4/c1-3-6-15-12(16)8-19-13(17)10-7-9(18-2)4-5-11(10)14/h4-5,7H,3,6,8H2,1-2H3,(H,15,16). The van der Waals surface area contributed by atoms with Crippen LogP contribution < -0.4 is 10.1 Å². The van der Waals surface area contributed by atoms with Crippen molar-refractivity contribution in [2.75, 3.05) is 20.3 Å². The van der Waals surface area contributed by atoms with Crippen molar-refractivity contribution in [3.8, 4) is 5.75 Å². The number of esters is 1. The average molecular weight is 330 g/mol. The Morgan fingerprint density at radius 3 is 2.74 bits per heavy atom. The zero-order valence-electron chi connectivity index (χ0n) is 10.9. The van der Waals surface area contributed by atoms with Gasteiger partial charge in [-0.3, -0.25) is 4.79 Å². The van der Waals surface area contributed by atoms with Crippen molar-refractivity contribution in [1.82, 2.24) is 5.32 Å². The van der Waals surface area contributed by atoms with Gasteiger partial charge in [-0.1, -0.05) is 6.92 Å². The van der Waals surface area contributed by atoms with Gasteiger partial charge in [-0.2, -0.15) is 0 Å². The summed E-state index contributed by atoms with van der Waals surface area (Å²) in [6.07, 6.45) is 0.834. The number of benzene rings is 1. The molecule has 0 aliphatic heterocycles. The lowest BCUT2D eigenvalue weighted by atomic mass is 10.2. The maximum absolute atomic E-state index is 11.8. The van der Waals surface area contributed by atoms with Gasteiger partial charge in [-0.05, 0) is 40.5 Å². The third-order valence-electron chi connectivity index (χ3n) is 2.30. The van der Waals surface area contributed by atoms with Crippen LogP contribution >= 0.6 is 15.9 Å². The normalized spacial score (nSPS) is 9.84. The van der Waals surface area contributed by atoms with Crippen molar-refractivity contribution in [2.24, 2.45) is 0 Å². The van der Waals surface area contributed by atoms with Crippen LogP contribution in [-0.4, -0.2) is 32.1 Å². The average Bonchev–Trinajstić information content (AvgIpc) is 2.43. The third kappa shape index (κ3) is 4.90. The van der Waals surface area contributed by atoms with Crippen molar-refractivity contribution in [3.05, 3.63) is 28.2 Å². The molecule has 1 aromatic rings. The van der Waals surface area contributed by atoms with E-state index in [4.69, 9.17) is 9.47 Å². The summed E-state index contributed by atoms with van der Waals surface area (Å²) in [4.78, 5) is 23.1. The minimum absolute atomic E-state index is 0.289. The molecule has 0 radical (unpaired) electrons. The van der Waals surface area contributed by atoms with E-state index in [1.54, 1.807) is 18.2 Å². The van der Waals surface area contributed by atoms with Gasteiger partial charge in [0.15, 0.2) is 6.61 Å². The second-order valence-electron chi connectivity index (χ2n) is 3.77. The third-order valence-corrected chi connectivity index (χ3v) is 2.99. The maximum atomic E-state index is 11.8. The minimum atomic E-state index is -0.572. The first-order chi connectivity index (χ1) is 9.08. The summed E-state index contributed by atoms with van der Waals surface area (Å²) in [5.74, 6) is -0.336. The summed E-state index contributed by atoms with van der Waals surface area (Å²) in [5, 5.41) is 2.62. The van der Waals surface area contributed by atoms with Gasteiger partial charge < -0.3 is 14.8 Å². The molecule has 0 aliphatic carbocycles. The summed E-state index contributed by atoms with van der Waals surface area (Å²) in [6, 6.07) is 4.96. The van der Waals surface area contributed by atoms with Crippen LogP contribution in [-0.2, 0) is 9.53 Å². The van der Waals surface area contributed by atoms with Crippen LogP contribution in [0.25, 0.3) is 0 Å². The first kappa shape index (κ1) is 15.5. The number of hydrogen-bond acceptors (Lipinski definition) is 4. The molecule has 0 atom stereocenters. The number of halogens is 1. The van der Waals surface area contributed by atoms with Crippen molar-refractivity contribution in [2.45, 2.75) is 13.3 Å². The summed E-state index contributed by atoms with van der Waals surface area (Å²) < 4.78 is 10.6. The Bertz CT molecular complexity index is 462. The minimum Gasteiger partial charge on any atom is -0.497 e. The molecular formula is C13H16BrNO4. The molecule has 6 heteroatoms. The molecule has 19 heavy (non-hydrogen) atoms. The SMILES string of the molecule is CCCNC(=O)COC(=O)c1cc(OC)ccc1Br. The highest BCUT2D eigenvalue weighted by Crippen LogP contribution is 2.23. The molecule has 1 amide bonds. The van der Waals surface area contributed by atoms with Gasteiger partial charge in [0, 0.05) is 11.0 Å². The van der Waals surface area contributed by atoms with Gasteiger partial charge in [0.1, 0.15) is 5.75 Å². The molecule has 1 aromatic carbocycles. The molecule has 5 nitrogen and oxygen atoms in total. The topological polar surface area (TPSA) is 64.6 Å². The summed E-state index contributed by atoms with van der Waals surface area (Å²) in [5.41, 5.74) is 0.322. The monoisotopic (exact) mass is 329 g/mol. The number of rotatable bonds is 6. The fraction of sp³-hybridized carbons (Fsp3) is 0.385. The van der Waals surface area contributed by atoms with Crippen molar-refractivity contribution >= 4 is 27.8 Å². The molecule has 0 saturated carbocycles. The molecule has 1 rings (SSSR count). The zero-order valence-corrected chi connectivity index (χ0v) is 12.5. The molecule has 1 N–H and O–H groups in total. The van der Waals surface area contributed by atoms with Gasteiger partial charge in [-0.25, -0.2) is 4.79 Å². The lowest BCUT2D eigenvalue weighted by Gasteiger charge is -2.08. The molecule has 0 unspecified atom stereocenters. The van der Waals surface area contributed by atoms with Crippen LogP contribution in [0.4, 0.5) is 0 Å². The first-order valence-electron chi connectivity index (χ1n) is 5.85. The highest BCUT2D eigenvalue weighted by atomic mass is 79.9. The maximum Gasteiger partial charge on any atom is 0.339 e. The summed E-state index contributed by atoms with van der Waals surface area (Å²) in [6.45, 7) is 2.22. The number of amides is 1. The highest BCUT2D eigenvalue weighted by Gasteiger charge is 2.14. The molecule has 0 heterocycles. The number of nitrogens with one attached hydrogen (secondary N) is 1. The van der Waals surface area contributed by atoms with E-state index in [9.17, 15) is 9.59 Å². The Labute approximate surface area is 120 Å². The van der Waals surface area contributed by atoms with E-state index in [-0.39, 0.29) is 12.5 Å². The fourth-order valence-electron chi connectivity index (χ4n) is 1.31. The van der Waals surface area contributed by atoms with E-state index in [0.717, 1.165) is 6.42 Å². The molecule has 0 saturated heterocycles. The number of methoxy groups -OCH3 is 1.